The molecule has 1 N–H and O–H groups in total. The van der Waals surface area contributed by atoms with Crippen molar-refractivity contribution in [3.05, 3.63) is 65.5 Å². The maximum absolute atomic E-state index is 13.2. The topological polar surface area (TPSA) is 41.6 Å². The Hall–Kier alpha value is -2.40. The molecule has 0 spiro atoms. The van der Waals surface area contributed by atoms with Crippen molar-refractivity contribution < 1.29 is 13.9 Å². The Morgan fingerprint density at radius 3 is 2.46 bits per heavy atom. The second-order valence-corrected chi connectivity index (χ2v) is 5.87. The van der Waals surface area contributed by atoms with Crippen molar-refractivity contribution in [1.82, 2.24) is 10.2 Å². The van der Waals surface area contributed by atoms with E-state index in [0.29, 0.717) is 11.3 Å². The van der Waals surface area contributed by atoms with Crippen molar-refractivity contribution in [1.29, 1.82) is 0 Å². The smallest absolute Gasteiger partial charge is 0.255 e. The number of carbonyl (C=O) groups is 1. The van der Waals surface area contributed by atoms with E-state index < -0.39 is 0 Å². The van der Waals surface area contributed by atoms with Crippen molar-refractivity contribution in [3.8, 4) is 5.75 Å². The van der Waals surface area contributed by atoms with Crippen LogP contribution in [-0.4, -0.2) is 38.6 Å². The van der Waals surface area contributed by atoms with E-state index in [2.05, 4.69) is 5.32 Å². The van der Waals surface area contributed by atoms with Gasteiger partial charge in [-0.3, -0.25) is 4.79 Å². The number of nitrogens with zero attached hydrogens (tertiary/aromatic N) is 1. The number of nitrogens with one attached hydrogen (secondary N) is 1. The van der Waals surface area contributed by atoms with E-state index in [4.69, 9.17) is 4.74 Å². The quantitative estimate of drug-likeness (QED) is 0.847. The highest BCUT2D eigenvalue weighted by Crippen LogP contribution is 2.21. The Labute approximate surface area is 142 Å². The van der Waals surface area contributed by atoms with Crippen LogP contribution in [0, 0.1) is 5.82 Å². The number of hydrogen-bond acceptors (Lipinski definition) is 3. The summed E-state index contributed by atoms with van der Waals surface area (Å²) >= 11 is 0. The maximum Gasteiger partial charge on any atom is 0.255 e. The molecule has 2 aromatic carbocycles. The molecule has 0 radical (unpaired) electrons. The van der Waals surface area contributed by atoms with E-state index in [1.807, 2.05) is 25.1 Å². The van der Waals surface area contributed by atoms with Gasteiger partial charge in [-0.1, -0.05) is 24.3 Å². The third-order valence-electron chi connectivity index (χ3n) is 3.79. The van der Waals surface area contributed by atoms with Crippen molar-refractivity contribution >= 4 is 5.91 Å². The maximum atomic E-state index is 13.2. The summed E-state index contributed by atoms with van der Waals surface area (Å²) in [7, 11) is 5.49. The predicted octanol–water partition coefficient (Wildman–Crippen LogP) is 3.26. The lowest BCUT2D eigenvalue weighted by atomic mass is 10.0. The van der Waals surface area contributed by atoms with Crippen LogP contribution < -0.4 is 10.1 Å². The van der Waals surface area contributed by atoms with E-state index >= 15 is 0 Å². The number of hydrogen-bond donors (Lipinski definition) is 1. The number of carbonyl (C=O) groups excluding carboxylic acids is 1. The van der Waals surface area contributed by atoms with Crippen LogP contribution in [0.25, 0.3) is 0 Å². The molecule has 0 fully saturated rings. The fraction of sp³-hybridized carbons (Fsp3) is 0.316. The summed E-state index contributed by atoms with van der Waals surface area (Å²) < 4.78 is 18.4. The van der Waals surface area contributed by atoms with Crippen LogP contribution in [0.5, 0.6) is 5.75 Å². The average molecular weight is 330 g/mol. The molecule has 0 aromatic heterocycles. The van der Waals surface area contributed by atoms with Gasteiger partial charge in [0, 0.05) is 0 Å². The summed E-state index contributed by atoms with van der Waals surface area (Å²) in [6.45, 7) is 0.800. The summed E-state index contributed by atoms with van der Waals surface area (Å²) in [4.78, 5) is 14.7. The van der Waals surface area contributed by atoms with Crippen LogP contribution >= 0.6 is 0 Å². The molecule has 0 heterocycles. The molecule has 5 heteroatoms. The van der Waals surface area contributed by atoms with E-state index in [-0.39, 0.29) is 17.8 Å². The van der Waals surface area contributed by atoms with Crippen molar-refractivity contribution in [2.75, 3.05) is 27.7 Å². The van der Waals surface area contributed by atoms with E-state index in [9.17, 15) is 9.18 Å². The summed E-state index contributed by atoms with van der Waals surface area (Å²) in [5.41, 5.74) is 1.36. The molecule has 0 bridgehead atoms. The number of para-hydroxylation sites is 1. The van der Waals surface area contributed by atoms with Gasteiger partial charge < -0.3 is 15.0 Å². The van der Waals surface area contributed by atoms with Gasteiger partial charge in [0.2, 0.25) is 0 Å². The lowest BCUT2D eigenvalue weighted by molar-refractivity contribution is 0.0929. The molecule has 1 unspecified atom stereocenters. The van der Waals surface area contributed by atoms with Crippen LogP contribution in [0.3, 0.4) is 0 Å². The van der Waals surface area contributed by atoms with Gasteiger partial charge in [-0.15, -0.1) is 0 Å². The molecule has 0 aliphatic rings. The Bertz CT molecular complexity index is 671. The molecule has 0 saturated heterocycles. The summed E-state index contributed by atoms with van der Waals surface area (Å²) in [5.74, 6) is 0.0298. The molecule has 0 aliphatic carbocycles. The van der Waals surface area contributed by atoms with Crippen molar-refractivity contribution in [2.45, 2.75) is 12.5 Å². The first kappa shape index (κ1) is 17.9. The van der Waals surface area contributed by atoms with Gasteiger partial charge in [0.15, 0.2) is 0 Å². The molecule has 1 amide bonds. The third kappa shape index (κ3) is 4.80. The SMILES string of the molecule is COc1ccccc1C(=O)NC(CCN(C)C)c1ccc(F)cc1. The minimum atomic E-state index is -0.291. The zero-order chi connectivity index (χ0) is 17.5. The monoisotopic (exact) mass is 330 g/mol. The Morgan fingerprint density at radius 2 is 1.83 bits per heavy atom. The lowest BCUT2D eigenvalue weighted by Gasteiger charge is -2.22. The van der Waals surface area contributed by atoms with Gasteiger partial charge in [0.25, 0.3) is 5.91 Å². The van der Waals surface area contributed by atoms with Crippen LogP contribution in [0.2, 0.25) is 0 Å². The number of methoxy groups -OCH3 is 1. The Kier molecular flexibility index (Phi) is 6.32. The molecule has 1 atom stereocenters. The van der Waals surface area contributed by atoms with Crippen LogP contribution in [0.15, 0.2) is 48.5 Å². The molecule has 128 valence electrons. The van der Waals surface area contributed by atoms with Crippen LogP contribution in [-0.2, 0) is 0 Å². The summed E-state index contributed by atoms with van der Waals surface area (Å²) in [6, 6.07) is 13.1. The number of benzene rings is 2. The second kappa shape index (κ2) is 8.45. The molecular weight excluding hydrogens is 307 g/mol. The third-order valence-corrected chi connectivity index (χ3v) is 3.79. The van der Waals surface area contributed by atoms with Crippen molar-refractivity contribution in [2.24, 2.45) is 0 Å². The second-order valence-electron chi connectivity index (χ2n) is 5.87. The number of amides is 1. The first-order valence-electron chi connectivity index (χ1n) is 7.85. The van der Waals surface area contributed by atoms with Crippen molar-refractivity contribution in [3.63, 3.8) is 0 Å². The summed E-state index contributed by atoms with van der Waals surface area (Å²) in [5, 5.41) is 3.03. The molecule has 2 aromatic rings. The van der Waals surface area contributed by atoms with E-state index in [1.54, 1.807) is 30.3 Å². The number of halogens is 1. The first-order chi connectivity index (χ1) is 11.5. The largest absolute Gasteiger partial charge is 0.496 e. The minimum Gasteiger partial charge on any atom is -0.496 e. The van der Waals surface area contributed by atoms with Gasteiger partial charge in [-0.2, -0.15) is 0 Å². The van der Waals surface area contributed by atoms with Gasteiger partial charge in [0.05, 0.1) is 18.7 Å². The van der Waals surface area contributed by atoms with Crippen LogP contribution in [0.4, 0.5) is 4.39 Å². The molecular formula is C19H23FN2O2. The molecule has 2 rings (SSSR count). The molecule has 24 heavy (non-hydrogen) atoms. The Balaban J connectivity index is 2.20. The summed E-state index contributed by atoms with van der Waals surface area (Å²) in [6.07, 6.45) is 0.722. The highest BCUT2D eigenvalue weighted by molar-refractivity contribution is 5.97. The minimum absolute atomic E-state index is 0.203. The Morgan fingerprint density at radius 1 is 1.17 bits per heavy atom. The molecule has 0 aliphatic heterocycles. The van der Waals surface area contributed by atoms with Crippen LogP contribution in [0.1, 0.15) is 28.4 Å². The highest BCUT2D eigenvalue weighted by Gasteiger charge is 2.18. The lowest BCUT2D eigenvalue weighted by Crippen LogP contribution is -2.31. The predicted molar refractivity (Wildman–Crippen MR) is 92.8 cm³/mol. The number of ether oxygens (including phenoxy) is 1. The molecule has 4 nitrogen and oxygen atoms in total. The average Bonchev–Trinajstić information content (AvgIpc) is 2.59. The zero-order valence-corrected chi connectivity index (χ0v) is 14.3. The first-order valence-corrected chi connectivity index (χ1v) is 7.85. The van der Waals surface area contributed by atoms with E-state index in [0.717, 1.165) is 18.5 Å². The van der Waals surface area contributed by atoms with Gasteiger partial charge in [-0.05, 0) is 56.9 Å². The van der Waals surface area contributed by atoms with Gasteiger partial charge in [0.1, 0.15) is 11.6 Å². The highest BCUT2D eigenvalue weighted by atomic mass is 19.1. The zero-order valence-electron chi connectivity index (χ0n) is 14.3. The fourth-order valence-electron chi connectivity index (χ4n) is 2.47. The molecule has 0 saturated carbocycles. The number of rotatable bonds is 7. The van der Waals surface area contributed by atoms with E-state index in [1.165, 1.54) is 19.2 Å². The standard InChI is InChI=1S/C19H23FN2O2/c1-22(2)13-12-17(14-8-10-15(20)11-9-14)21-19(23)16-6-4-5-7-18(16)24-3/h4-11,17H,12-13H2,1-3H3,(H,21,23). The normalized spacial score (nSPS) is 12.0. The van der Waals surface area contributed by atoms with Gasteiger partial charge >= 0.3 is 0 Å². The van der Waals surface area contributed by atoms with Gasteiger partial charge in [-0.25, -0.2) is 4.39 Å². The fourth-order valence-corrected chi connectivity index (χ4v) is 2.47.